The Bertz CT molecular complexity index is 443. The number of nitrogens with one attached hydrogen (secondary N) is 1. The second kappa shape index (κ2) is 4.28. The van der Waals surface area contributed by atoms with E-state index in [1.54, 1.807) is 0 Å². The number of amides is 1. The van der Waals surface area contributed by atoms with Crippen LogP contribution in [-0.4, -0.2) is 29.3 Å². The molecular formula is C14H17NO3. The number of ether oxygens (including phenoxy) is 1. The Morgan fingerprint density at radius 3 is 2.89 bits per heavy atom. The minimum Gasteiger partial charge on any atom is -0.480 e. The molecule has 0 saturated heterocycles. The lowest BCUT2D eigenvalue weighted by Gasteiger charge is -2.36. The van der Waals surface area contributed by atoms with E-state index in [1.807, 2.05) is 24.3 Å². The Hall–Kier alpha value is -1.55. The number of rotatable bonds is 3. The van der Waals surface area contributed by atoms with E-state index in [9.17, 15) is 9.90 Å². The van der Waals surface area contributed by atoms with Crippen LogP contribution in [0, 0.1) is 0 Å². The molecule has 0 spiro atoms. The van der Waals surface area contributed by atoms with E-state index in [0.717, 1.165) is 30.6 Å². The fourth-order valence-electron chi connectivity index (χ4n) is 2.46. The molecule has 1 heterocycles. The van der Waals surface area contributed by atoms with Gasteiger partial charge in [-0.2, -0.15) is 0 Å². The van der Waals surface area contributed by atoms with Crippen molar-refractivity contribution in [2.75, 3.05) is 6.54 Å². The largest absolute Gasteiger partial charge is 0.480 e. The third kappa shape index (κ3) is 2.08. The number of para-hydroxylation sites is 1. The van der Waals surface area contributed by atoms with Crippen LogP contribution in [0.4, 0.5) is 0 Å². The molecule has 1 saturated carbocycles. The molecule has 1 fully saturated rings. The van der Waals surface area contributed by atoms with Gasteiger partial charge in [-0.1, -0.05) is 18.2 Å². The van der Waals surface area contributed by atoms with Crippen LogP contribution in [0.3, 0.4) is 0 Å². The van der Waals surface area contributed by atoms with Gasteiger partial charge in [0.1, 0.15) is 5.75 Å². The van der Waals surface area contributed by atoms with Gasteiger partial charge in [0.15, 0.2) is 6.10 Å². The number of hydrogen-bond acceptors (Lipinski definition) is 3. The molecule has 0 aromatic heterocycles. The van der Waals surface area contributed by atoms with Crippen molar-refractivity contribution in [3.8, 4) is 5.75 Å². The van der Waals surface area contributed by atoms with E-state index in [4.69, 9.17) is 4.74 Å². The van der Waals surface area contributed by atoms with Gasteiger partial charge in [-0.25, -0.2) is 0 Å². The van der Waals surface area contributed by atoms with Crippen molar-refractivity contribution in [3.05, 3.63) is 29.8 Å². The van der Waals surface area contributed by atoms with Gasteiger partial charge in [-0.05, 0) is 30.9 Å². The van der Waals surface area contributed by atoms with Crippen LogP contribution >= 0.6 is 0 Å². The average Bonchev–Trinajstić information content (AvgIpc) is 2.77. The summed E-state index contributed by atoms with van der Waals surface area (Å²) >= 11 is 0. The summed E-state index contributed by atoms with van der Waals surface area (Å²) < 4.78 is 5.59. The van der Waals surface area contributed by atoms with E-state index in [2.05, 4.69) is 5.32 Å². The maximum atomic E-state index is 12.0. The maximum absolute atomic E-state index is 12.0. The minimum atomic E-state index is -0.679. The van der Waals surface area contributed by atoms with E-state index in [1.165, 1.54) is 0 Å². The van der Waals surface area contributed by atoms with Crippen LogP contribution in [0.5, 0.6) is 5.75 Å². The first-order valence-electron chi connectivity index (χ1n) is 6.41. The summed E-state index contributed by atoms with van der Waals surface area (Å²) in [4.78, 5) is 12.0. The van der Waals surface area contributed by atoms with Crippen LogP contribution in [0.15, 0.2) is 24.3 Å². The van der Waals surface area contributed by atoms with Gasteiger partial charge < -0.3 is 15.2 Å². The zero-order valence-corrected chi connectivity index (χ0v) is 10.2. The summed E-state index contributed by atoms with van der Waals surface area (Å²) in [5.74, 6) is 0.659. The molecule has 2 N–H and O–H groups in total. The number of carbonyl (C=O) groups is 1. The van der Waals surface area contributed by atoms with Crippen molar-refractivity contribution in [3.63, 3.8) is 0 Å². The van der Waals surface area contributed by atoms with Gasteiger partial charge >= 0.3 is 0 Å². The summed E-state index contributed by atoms with van der Waals surface area (Å²) in [5.41, 5.74) is 0.390. The van der Waals surface area contributed by atoms with E-state index in [0.29, 0.717) is 13.0 Å². The lowest BCUT2D eigenvalue weighted by Crippen LogP contribution is -2.50. The predicted octanol–water partition coefficient (Wildman–Crippen LogP) is 1.02. The molecule has 1 unspecified atom stereocenters. The lowest BCUT2D eigenvalue weighted by atomic mass is 9.80. The van der Waals surface area contributed by atoms with Gasteiger partial charge in [-0.15, -0.1) is 0 Å². The minimum absolute atomic E-state index is 0.133. The molecule has 1 aliphatic heterocycles. The highest BCUT2D eigenvalue weighted by atomic mass is 16.5. The number of benzene rings is 1. The molecule has 1 aromatic rings. The second-order valence-corrected chi connectivity index (χ2v) is 5.21. The normalized spacial score (nSPS) is 23.7. The van der Waals surface area contributed by atoms with Crippen molar-refractivity contribution < 1.29 is 14.6 Å². The molecule has 0 radical (unpaired) electrons. The fourth-order valence-corrected chi connectivity index (χ4v) is 2.46. The average molecular weight is 247 g/mol. The number of carbonyl (C=O) groups excluding carboxylic acids is 1. The van der Waals surface area contributed by atoms with Gasteiger partial charge in [0.25, 0.3) is 5.91 Å². The zero-order valence-electron chi connectivity index (χ0n) is 10.2. The summed E-state index contributed by atoms with van der Waals surface area (Å²) in [5, 5.41) is 12.7. The monoisotopic (exact) mass is 247 g/mol. The molecule has 2 aliphatic rings. The van der Waals surface area contributed by atoms with Crippen molar-refractivity contribution in [1.29, 1.82) is 0 Å². The highest BCUT2D eigenvalue weighted by molar-refractivity contribution is 5.82. The van der Waals surface area contributed by atoms with Gasteiger partial charge in [0.05, 0.1) is 5.60 Å². The molecular weight excluding hydrogens is 230 g/mol. The first-order chi connectivity index (χ1) is 8.66. The molecule has 96 valence electrons. The van der Waals surface area contributed by atoms with Crippen molar-refractivity contribution in [1.82, 2.24) is 5.32 Å². The van der Waals surface area contributed by atoms with E-state index >= 15 is 0 Å². The smallest absolute Gasteiger partial charge is 0.261 e. The summed E-state index contributed by atoms with van der Waals surface area (Å²) in [6, 6.07) is 7.69. The Balaban J connectivity index is 1.56. The Morgan fingerprint density at radius 2 is 2.22 bits per heavy atom. The number of aliphatic hydroxyl groups is 1. The van der Waals surface area contributed by atoms with Gasteiger partial charge in [-0.3, -0.25) is 4.79 Å². The van der Waals surface area contributed by atoms with Crippen LogP contribution in [0.25, 0.3) is 0 Å². The third-order valence-electron chi connectivity index (χ3n) is 3.82. The first kappa shape index (κ1) is 11.5. The molecule has 1 aromatic carbocycles. The summed E-state index contributed by atoms with van der Waals surface area (Å²) in [7, 11) is 0. The lowest BCUT2D eigenvalue weighted by molar-refractivity contribution is -0.129. The van der Waals surface area contributed by atoms with Crippen molar-refractivity contribution in [2.45, 2.75) is 37.4 Å². The second-order valence-electron chi connectivity index (χ2n) is 5.21. The molecule has 4 heteroatoms. The molecule has 3 rings (SSSR count). The predicted molar refractivity (Wildman–Crippen MR) is 66.4 cm³/mol. The SMILES string of the molecule is O=C(NCC1(O)CCC1)C1Cc2ccccc2O1. The van der Waals surface area contributed by atoms with Crippen LogP contribution in [0.2, 0.25) is 0 Å². The highest BCUT2D eigenvalue weighted by Gasteiger charge is 2.36. The zero-order chi connectivity index (χ0) is 12.6. The molecule has 4 nitrogen and oxygen atoms in total. The van der Waals surface area contributed by atoms with Crippen molar-refractivity contribution in [2.24, 2.45) is 0 Å². The molecule has 0 bridgehead atoms. The fraction of sp³-hybridized carbons (Fsp3) is 0.500. The topological polar surface area (TPSA) is 58.6 Å². The van der Waals surface area contributed by atoms with Crippen LogP contribution < -0.4 is 10.1 Å². The van der Waals surface area contributed by atoms with E-state index in [-0.39, 0.29) is 5.91 Å². The number of fused-ring (bicyclic) bond motifs is 1. The molecule has 1 atom stereocenters. The Morgan fingerprint density at radius 1 is 1.44 bits per heavy atom. The van der Waals surface area contributed by atoms with E-state index < -0.39 is 11.7 Å². The maximum Gasteiger partial charge on any atom is 0.261 e. The van der Waals surface area contributed by atoms with Crippen LogP contribution in [-0.2, 0) is 11.2 Å². The summed E-state index contributed by atoms with van der Waals surface area (Å²) in [6.07, 6.45) is 2.75. The first-order valence-corrected chi connectivity index (χ1v) is 6.41. The van der Waals surface area contributed by atoms with Crippen molar-refractivity contribution >= 4 is 5.91 Å². The Labute approximate surface area is 106 Å². The van der Waals surface area contributed by atoms with Gasteiger partial charge in [0.2, 0.25) is 0 Å². The molecule has 18 heavy (non-hydrogen) atoms. The van der Waals surface area contributed by atoms with Crippen LogP contribution in [0.1, 0.15) is 24.8 Å². The summed E-state index contributed by atoms with van der Waals surface area (Å²) in [6.45, 7) is 0.335. The standard InChI is InChI=1S/C14H17NO3/c16-13(15-9-14(17)6-3-7-14)12-8-10-4-1-2-5-11(10)18-12/h1-2,4-5,12,17H,3,6-9H2,(H,15,16). The molecule has 1 aliphatic carbocycles. The highest BCUT2D eigenvalue weighted by Crippen LogP contribution is 2.31. The van der Waals surface area contributed by atoms with Gasteiger partial charge in [0, 0.05) is 13.0 Å². The third-order valence-corrected chi connectivity index (χ3v) is 3.82. The quantitative estimate of drug-likeness (QED) is 0.838. The number of hydrogen-bond donors (Lipinski definition) is 2. The molecule has 1 amide bonds. The Kier molecular flexibility index (Phi) is 2.74.